The molecule has 0 N–H and O–H groups in total. The third-order valence-electron chi connectivity index (χ3n) is 4.13. The second kappa shape index (κ2) is 5.26. The Balaban J connectivity index is 1.97. The summed E-state index contributed by atoms with van der Waals surface area (Å²) in [6, 6.07) is 20.0. The number of benzene rings is 2. The summed E-state index contributed by atoms with van der Waals surface area (Å²) in [6.07, 6.45) is 2.43. The summed E-state index contributed by atoms with van der Waals surface area (Å²) in [5.41, 5.74) is 4.80. The first-order chi connectivity index (χ1) is 10.8. The average Bonchev–Trinajstić information content (AvgIpc) is 2.98. The number of Topliss-reactive ketones (excluding diaryl/α,β-unsaturated/α-hetero) is 1. The molecule has 3 aromatic rings. The molecule has 0 spiro atoms. The Morgan fingerprint density at radius 1 is 0.864 bits per heavy atom. The Hall–Kier alpha value is -2.68. The van der Waals surface area contributed by atoms with E-state index in [2.05, 4.69) is 12.1 Å². The highest BCUT2D eigenvalue weighted by molar-refractivity contribution is 5.99. The van der Waals surface area contributed by atoms with Crippen LogP contribution in [0.5, 0.6) is 0 Å². The predicted molar refractivity (Wildman–Crippen MR) is 86.3 cm³/mol. The third-order valence-corrected chi connectivity index (χ3v) is 4.13. The van der Waals surface area contributed by atoms with E-state index in [9.17, 15) is 4.79 Å². The molecule has 0 atom stereocenters. The van der Waals surface area contributed by atoms with Crippen LogP contribution in [0.4, 0.5) is 0 Å². The molecule has 22 heavy (non-hydrogen) atoms. The maximum Gasteiger partial charge on any atom is 0.181 e. The number of hydrogen-bond acceptors (Lipinski definition) is 2. The molecule has 0 fully saturated rings. The van der Waals surface area contributed by atoms with Crippen LogP contribution in [0.25, 0.3) is 16.9 Å². The smallest absolute Gasteiger partial charge is 0.181 e. The van der Waals surface area contributed by atoms with E-state index in [0.29, 0.717) is 6.42 Å². The van der Waals surface area contributed by atoms with Gasteiger partial charge in [-0.15, -0.1) is 0 Å². The summed E-state index contributed by atoms with van der Waals surface area (Å²) in [4.78, 5) is 12.5. The Labute approximate surface area is 129 Å². The second-order valence-corrected chi connectivity index (χ2v) is 5.57. The number of carbonyl (C=O) groups excluding carboxylic acids is 1. The summed E-state index contributed by atoms with van der Waals surface area (Å²) in [5, 5.41) is 4.78. The van der Waals surface area contributed by atoms with Crippen LogP contribution >= 0.6 is 0 Å². The zero-order valence-corrected chi connectivity index (χ0v) is 12.2. The number of hydrogen-bond donors (Lipinski definition) is 0. The van der Waals surface area contributed by atoms with Crippen LogP contribution in [0.2, 0.25) is 0 Å². The molecule has 1 aromatic heterocycles. The van der Waals surface area contributed by atoms with Crippen LogP contribution in [-0.2, 0) is 6.42 Å². The normalized spacial score (nSPS) is 13.9. The maximum absolute atomic E-state index is 12.5. The van der Waals surface area contributed by atoms with E-state index in [1.54, 1.807) is 0 Å². The van der Waals surface area contributed by atoms with Gasteiger partial charge < -0.3 is 0 Å². The van der Waals surface area contributed by atoms with Gasteiger partial charge in [0.2, 0.25) is 0 Å². The summed E-state index contributed by atoms with van der Waals surface area (Å²) >= 11 is 0. The summed E-state index contributed by atoms with van der Waals surface area (Å²) < 4.78 is 1.82. The molecule has 3 heteroatoms. The van der Waals surface area contributed by atoms with Crippen LogP contribution in [0.15, 0.2) is 60.7 Å². The Morgan fingerprint density at radius 3 is 2.27 bits per heavy atom. The Bertz CT molecular complexity index is 819. The minimum absolute atomic E-state index is 0.194. The largest absolute Gasteiger partial charge is 0.292 e. The number of para-hydroxylation sites is 1. The fourth-order valence-corrected chi connectivity index (χ4v) is 3.10. The molecule has 108 valence electrons. The topological polar surface area (TPSA) is 34.9 Å². The minimum atomic E-state index is 0.194. The van der Waals surface area contributed by atoms with E-state index in [-0.39, 0.29) is 5.78 Å². The first-order valence-corrected chi connectivity index (χ1v) is 7.60. The van der Waals surface area contributed by atoms with E-state index < -0.39 is 0 Å². The van der Waals surface area contributed by atoms with Crippen molar-refractivity contribution in [3.63, 3.8) is 0 Å². The number of fused-ring (bicyclic) bond motifs is 1. The molecule has 0 radical (unpaired) electrons. The quantitative estimate of drug-likeness (QED) is 0.712. The van der Waals surface area contributed by atoms with Crippen LogP contribution in [0.1, 0.15) is 28.9 Å². The standard InChI is InChI=1S/C19H16N2O/c22-17-13-7-12-16-18(14-8-3-1-4-9-14)20-21(19(16)17)15-10-5-2-6-11-15/h1-6,8-11H,7,12-13H2. The zero-order chi connectivity index (χ0) is 14.9. The van der Waals surface area contributed by atoms with E-state index in [0.717, 1.165) is 41.0 Å². The van der Waals surface area contributed by atoms with Crippen molar-refractivity contribution in [1.29, 1.82) is 0 Å². The van der Waals surface area contributed by atoms with Gasteiger partial charge >= 0.3 is 0 Å². The molecule has 3 nitrogen and oxygen atoms in total. The fourth-order valence-electron chi connectivity index (χ4n) is 3.10. The molecule has 0 saturated heterocycles. The highest BCUT2D eigenvalue weighted by atomic mass is 16.1. The van der Waals surface area contributed by atoms with E-state index in [1.807, 2.05) is 53.2 Å². The fraction of sp³-hybridized carbons (Fsp3) is 0.158. The number of carbonyl (C=O) groups is 1. The predicted octanol–water partition coefficient (Wildman–Crippen LogP) is 4.06. The van der Waals surface area contributed by atoms with Crippen molar-refractivity contribution in [2.45, 2.75) is 19.3 Å². The van der Waals surface area contributed by atoms with Crippen LogP contribution in [0, 0.1) is 0 Å². The van der Waals surface area contributed by atoms with Gasteiger partial charge in [-0.05, 0) is 25.0 Å². The number of nitrogens with zero attached hydrogens (tertiary/aromatic N) is 2. The van der Waals surface area contributed by atoms with Crippen molar-refractivity contribution in [3.05, 3.63) is 71.9 Å². The van der Waals surface area contributed by atoms with Crippen molar-refractivity contribution in [1.82, 2.24) is 9.78 Å². The Kier molecular flexibility index (Phi) is 3.11. The van der Waals surface area contributed by atoms with Crippen molar-refractivity contribution < 1.29 is 4.79 Å². The van der Waals surface area contributed by atoms with Gasteiger partial charge in [0.15, 0.2) is 5.78 Å². The molecule has 4 rings (SSSR count). The third kappa shape index (κ3) is 2.06. The van der Waals surface area contributed by atoms with Gasteiger partial charge in [-0.1, -0.05) is 48.5 Å². The van der Waals surface area contributed by atoms with Gasteiger partial charge in [-0.3, -0.25) is 4.79 Å². The number of rotatable bonds is 2. The first kappa shape index (κ1) is 13.0. The van der Waals surface area contributed by atoms with Gasteiger partial charge in [-0.25, -0.2) is 4.68 Å². The van der Waals surface area contributed by atoms with Crippen LogP contribution in [-0.4, -0.2) is 15.6 Å². The van der Waals surface area contributed by atoms with Crippen molar-refractivity contribution >= 4 is 5.78 Å². The summed E-state index contributed by atoms with van der Waals surface area (Å²) in [5.74, 6) is 0.194. The maximum atomic E-state index is 12.5. The number of aromatic nitrogens is 2. The van der Waals surface area contributed by atoms with Gasteiger partial charge in [0, 0.05) is 17.5 Å². The lowest BCUT2D eigenvalue weighted by Crippen LogP contribution is -2.15. The minimum Gasteiger partial charge on any atom is -0.292 e. The lowest BCUT2D eigenvalue weighted by molar-refractivity contribution is 0.0965. The highest BCUT2D eigenvalue weighted by Gasteiger charge is 2.27. The van der Waals surface area contributed by atoms with Crippen molar-refractivity contribution in [2.24, 2.45) is 0 Å². The molecule has 1 heterocycles. The zero-order valence-electron chi connectivity index (χ0n) is 12.2. The van der Waals surface area contributed by atoms with Gasteiger partial charge in [0.05, 0.1) is 11.4 Å². The average molecular weight is 288 g/mol. The van der Waals surface area contributed by atoms with E-state index in [4.69, 9.17) is 5.10 Å². The van der Waals surface area contributed by atoms with Crippen molar-refractivity contribution in [2.75, 3.05) is 0 Å². The summed E-state index contributed by atoms with van der Waals surface area (Å²) in [7, 11) is 0. The van der Waals surface area contributed by atoms with E-state index in [1.165, 1.54) is 0 Å². The molecule has 0 aliphatic heterocycles. The molecule has 0 bridgehead atoms. The van der Waals surface area contributed by atoms with Gasteiger partial charge in [0.25, 0.3) is 0 Å². The first-order valence-electron chi connectivity index (χ1n) is 7.60. The molecular formula is C19H16N2O. The van der Waals surface area contributed by atoms with Crippen LogP contribution < -0.4 is 0 Å². The van der Waals surface area contributed by atoms with Gasteiger partial charge in [0.1, 0.15) is 5.69 Å². The molecular weight excluding hydrogens is 272 g/mol. The highest BCUT2D eigenvalue weighted by Crippen LogP contribution is 2.32. The van der Waals surface area contributed by atoms with E-state index >= 15 is 0 Å². The van der Waals surface area contributed by atoms with Crippen LogP contribution in [0.3, 0.4) is 0 Å². The number of ketones is 1. The van der Waals surface area contributed by atoms with Crippen molar-refractivity contribution in [3.8, 4) is 16.9 Å². The second-order valence-electron chi connectivity index (χ2n) is 5.57. The van der Waals surface area contributed by atoms with Gasteiger partial charge in [-0.2, -0.15) is 5.10 Å². The molecule has 2 aromatic carbocycles. The SMILES string of the molecule is O=C1CCCc2c(-c3ccccc3)nn(-c3ccccc3)c21. The lowest BCUT2D eigenvalue weighted by atomic mass is 9.92. The molecule has 0 amide bonds. The monoisotopic (exact) mass is 288 g/mol. The molecule has 1 aliphatic rings. The molecule has 1 aliphatic carbocycles. The lowest BCUT2D eigenvalue weighted by Gasteiger charge is -2.13. The molecule has 0 unspecified atom stereocenters. The Morgan fingerprint density at radius 2 is 1.55 bits per heavy atom. The molecule has 0 saturated carbocycles. The summed E-state index contributed by atoms with van der Waals surface area (Å²) in [6.45, 7) is 0.